The summed E-state index contributed by atoms with van der Waals surface area (Å²) in [6.45, 7) is 5.30. The van der Waals surface area contributed by atoms with Crippen LogP contribution in [0.25, 0.3) is 0 Å². The van der Waals surface area contributed by atoms with Gasteiger partial charge in [0.2, 0.25) is 0 Å². The molecule has 0 saturated carbocycles. The van der Waals surface area contributed by atoms with Gasteiger partial charge in [-0.15, -0.1) is 0 Å². The van der Waals surface area contributed by atoms with Gasteiger partial charge in [-0.2, -0.15) is 0 Å². The van der Waals surface area contributed by atoms with Gasteiger partial charge in [-0.05, 0) is 32.4 Å². The van der Waals surface area contributed by atoms with Crippen LogP contribution < -0.4 is 0 Å². The molecular formula is C10H16O4. The average Bonchev–Trinajstić information content (AvgIpc) is 2.13. The first-order chi connectivity index (χ1) is 6.49. The molecule has 0 aliphatic carbocycles. The van der Waals surface area contributed by atoms with Crippen LogP contribution in [0, 0.1) is 0 Å². The first-order valence-corrected chi connectivity index (χ1v) is 4.38. The Morgan fingerprint density at radius 1 is 1.50 bits per heavy atom. The predicted octanol–water partition coefficient (Wildman–Crippen LogP) is 1.32. The molecule has 0 rings (SSSR count). The fourth-order valence-electron chi connectivity index (χ4n) is 0.747. The van der Waals surface area contributed by atoms with Gasteiger partial charge in [-0.25, -0.2) is 4.79 Å². The highest BCUT2D eigenvalue weighted by atomic mass is 16.5. The van der Waals surface area contributed by atoms with E-state index in [1.54, 1.807) is 20.8 Å². The molecule has 0 aliphatic heterocycles. The maximum absolute atomic E-state index is 10.8. The van der Waals surface area contributed by atoms with E-state index in [4.69, 9.17) is 0 Å². The van der Waals surface area contributed by atoms with Crippen LogP contribution in [0.1, 0.15) is 20.8 Å². The monoisotopic (exact) mass is 200 g/mol. The molecule has 0 fully saturated rings. The van der Waals surface area contributed by atoms with E-state index in [-0.39, 0.29) is 12.4 Å². The summed E-state index contributed by atoms with van der Waals surface area (Å²) in [7, 11) is 0. The van der Waals surface area contributed by atoms with Crippen molar-refractivity contribution < 1.29 is 19.7 Å². The number of carbonyl (C=O) groups is 1. The van der Waals surface area contributed by atoms with Gasteiger partial charge in [-0.1, -0.05) is 0 Å². The molecule has 0 spiro atoms. The molecule has 0 aromatic rings. The van der Waals surface area contributed by atoms with Gasteiger partial charge in [0.25, 0.3) is 0 Å². The number of aliphatic hydroxyl groups is 2. The van der Waals surface area contributed by atoms with Crippen LogP contribution in [0.2, 0.25) is 0 Å². The standard InChI is InChI=1S/C10H16O4/c1-4-14-9(12)6-5-8(11)10(13)7(2)3/h5-6,8,11,13H,4H2,1-3H3. The van der Waals surface area contributed by atoms with Crippen molar-refractivity contribution in [2.45, 2.75) is 26.9 Å². The molecule has 0 aromatic heterocycles. The quantitative estimate of drug-likeness (QED) is 0.408. The Hall–Kier alpha value is -1.29. The summed E-state index contributed by atoms with van der Waals surface area (Å²) in [5.74, 6) is -0.682. The van der Waals surface area contributed by atoms with Crippen LogP contribution in [0.15, 0.2) is 23.5 Å². The molecule has 14 heavy (non-hydrogen) atoms. The molecule has 0 heterocycles. The first-order valence-electron chi connectivity index (χ1n) is 4.38. The molecule has 1 unspecified atom stereocenters. The van der Waals surface area contributed by atoms with Gasteiger partial charge in [0.1, 0.15) is 11.9 Å². The van der Waals surface area contributed by atoms with Crippen molar-refractivity contribution in [1.29, 1.82) is 0 Å². The van der Waals surface area contributed by atoms with Crippen molar-refractivity contribution in [2.24, 2.45) is 0 Å². The molecule has 1 atom stereocenters. The second-order valence-electron chi connectivity index (χ2n) is 2.94. The van der Waals surface area contributed by atoms with E-state index in [0.29, 0.717) is 5.57 Å². The highest BCUT2D eigenvalue weighted by Gasteiger charge is 2.07. The second-order valence-corrected chi connectivity index (χ2v) is 2.94. The predicted molar refractivity (Wildman–Crippen MR) is 52.8 cm³/mol. The van der Waals surface area contributed by atoms with Crippen LogP contribution >= 0.6 is 0 Å². The molecule has 0 radical (unpaired) electrons. The molecule has 0 bridgehead atoms. The summed E-state index contributed by atoms with van der Waals surface area (Å²) in [6.07, 6.45) is 1.12. The maximum Gasteiger partial charge on any atom is 0.330 e. The Bertz CT molecular complexity index is 249. The second kappa shape index (κ2) is 6.21. The number of ether oxygens (including phenoxy) is 1. The summed E-state index contributed by atoms with van der Waals surface area (Å²) in [6, 6.07) is 0. The Morgan fingerprint density at radius 2 is 2.07 bits per heavy atom. The lowest BCUT2D eigenvalue weighted by molar-refractivity contribution is -0.137. The van der Waals surface area contributed by atoms with Crippen LogP contribution in [0.5, 0.6) is 0 Å². The van der Waals surface area contributed by atoms with E-state index in [0.717, 1.165) is 6.08 Å². The molecule has 0 aliphatic rings. The van der Waals surface area contributed by atoms with Gasteiger partial charge >= 0.3 is 5.97 Å². The zero-order chi connectivity index (χ0) is 11.1. The molecule has 0 aromatic carbocycles. The lowest BCUT2D eigenvalue weighted by Crippen LogP contribution is -2.09. The van der Waals surface area contributed by atoms with E-state index >= 15 is 0 Å². The van der Waals surface area contributed by atoms with Gasteiger partial charge in [0.15, 0.2) is 0 Å². The van der Waals surface area contributed by atoms with Crippen LogP contribution in [0.4, 0.5) is 0 Å². The van der Waals surface area contributed by atoms with E-state index in [2.05, 4.69) is 4.74 Å². The third-order valence-electron chi connectivity index (χ3n) is 1.49. The lowest BCUT2D eigenvalue weighted by Gasteiger charge is -2.05. The lowest BCUT2D eigenvalue weighted by atomic mass is 10.2. The molecule has 4 nitrogen and oxygen atoms in total. The topological polar surface area (TPSA) is 66.8 Å². The zero-order valence-corrected chi connectivity index (χ0v) is 8.65. The minimum atomic E-state index is -1.15. The Labute approximate surface area is 83.5 Å². The summed E-state index contributed by atoms with van der Waals surface area (Å²) in [5, 5.41) is 18.6. The summed E-state index contributed by atoms with van der Waals surface area (Å²) >= 11 is 0. The van der Waals surface area contributed by atoms with Gasteiger partial charge in [0, 0.05) is 6.08 Å². The molecule has 2 N–H and O–H groups in total. The van der Waals surface area contributed by atoms with Crippen molar-refractivity contribution >= 4 is 5.97 Å². The normalized spacial score (nSPS) is 12.6. The largest absolute Gasteiger partial charge is 0.509 e. The van der Waals surface area contributed by atoms with Crippen LogP contribution in [0.3, 0.4) is 0 Å². The smallest absolute Gasteiger partial charge is 0.330 e. The SMILES string of the molecule is CCOC(=O)C=CC(O)C(O)=C(C)C. The highest BCUT2D eigenvalue weighted by Crippen LogP contribution is 2.05. The minimum absolute atomic E-state index is 0.148. The molecule has 80 valence electrons. The molecule has 0 saturated heterocycles. The van der Waals surface area contributed by atoms with Crippen LogP contribution in [-0.2, 0) is 9.53 Å². The van der Waals surface area contributed by atoms with Crippen LogP contribution in [-0.4, -0.2) is 28.9 Å². The summed E-state index contributed by atoms with van der Waals surface area (Å²) < 4.78 is 4.60. The van der Waals surface area contributed by atoms with Gasteiger partial charge < -0.3 is 14.9 Å². The number of carbonyl (C=O) groups excluding carboxylic acids is 1. The molecule has 4 heteroatoms. The minimum Gasteiger partial charge on any atom is -0.509 e. The highest BCUT2D eigenvalue weighted by molar-refractivity contribution is 5.82. The summed E-state index contributed by atoms with van der Waals surface area (Å²) in [4.78, 5) is 10.8. The summed E-state index contributed by atoms with van der Waals surface area (Å²) in [5.41, 5.74) is 0.603. The number of allylic oxidation sites excluding steroid dienone is 1. The maximum atomic E-state index is 10.8. The Balaban J connectivity index is 4.25. The zero-order valence-electron chi connectivity index (χ0n) is 8.65. The average molecular weight is 200 g/mol. The fraction of sp³-hybridized carbons (Fsp3) is 0.500. The van der Waals surface area contributed by atoms with E-state index in [9.17, 15) is 15.0 Å². The van der Waals surface area contributed by atoms with Gasteiger partial charge in [-0.3, -0.25) is 0 Å². The van der Waals surface area contributed by atoms with Crippen molar-refractivity contribution in [1.82, 2.24) is 0 Å². The van der Waals surface area contributed by atoms with Crippen molar-refractivity contribution in [2.75, 3.05) is 6.61 Å². The number of hydrogen-bond donors (Lipinski definition) is 2. The third-order valence-corrected chi connectivity index (χ3v) is 1.49. The van der Waals surface area contributed by atoms with E-state index in [1.807, 2.05) is 0 Å². The van der Waals surface area contributed by atoms with E-state index < -0.39 is 12.1 Å². The Kier molecular flexibility index (Phi) is 5.64. The third kappa shape index (κ3) is 4.67. The first kappa shape index (κ1) is 12.7. The number of esters is 1. The van der Waals surface area contributed by atoms with Gasteiger partial charge in [0.05, 0.1) is 6.61 Å². The molecular weight excluding hydrogens is 184 g/mol. The van der Waals surface area contributed by atoms with Crippen molar-refractivity contribution in [3.63, 3.8) is 0 Å². The van der Waals surface area contributed by atoms with Crippen molar-refractivity contribution in [3.8, 4) is 0 Å². The fourth-order valence-corrected chi connectivity index (χ4v) is 0.747. The van der Waals surface area contributed by atoms with E-state index in [1.165, 1.54) is 6.08 Å². The number of rotatable bonds is 4. The molecule has 0 amide bonds. The number of aliphatic hydroxyl groups excluding tert-OH is 2. The number of hydrogen-bond acceptors (Lipinski definition) is 4. The van der Waals surface area contributed by atoms with Crippen molar-refractivity contribution in [3.05, 3.63) is 23.5 Å². The Morgan fingerprint density at radius 3 is 2.50 bits per heavy atom.